The summed E-state index contributed by atoms with van der Waals surface area (Å²) in [5.74, 6) is 0.654. The van der Waals surface area contributed by atoms with Gasteiger partial charge in [-0.15, -0.1) is 0 Å². The lowest BCUT2D eigenvalue weighted by Crippen LogP contribution is -2.29. The van der Waals surface area contributed by atoms with Crippen molar-refractivity contribution in [3.63, 3.8) is 0 Å². The van der Waals surface area contributed by atoms with Gasteiger partial charge in [0.25, 0.3) is 0 Å². The maximum Gasteiger partial charge on any atom is 0.246 e. The first-order valence-corrected chi connectivity index (χ1v) is 6.26. The third kappa shape index (κ3) is 3.01. The Labute approximate surface area is 111 Å². The summed E-state index contributed by atoms with van der Waals surface area (Å²) < 4.78 is 5.77. The third-order valence-electron chi connectivity index (χ3n) is 2.79. The molecule has 0 aliphatic carbocycles. The minimum atomic E-state index is -0.000828. The van der Waals surface area contributed by atoms with Crippen LogP contribution in [-0.2, 0) is 4.79 Å². The summed E-state index contributed by atoms with van der Waals surface area (Å²) in [6.07, 6.45) is 7.33. The maximum absolute atomic E-state index is 11.7. The molecule has 0 aromatic carbocycles. The Bertz CT molecular complexity index is 462. The van der Waals surface area contributed by atoms with E-state index in [1.165, 1.54) is 0 Å². The van der Waals surface area contributed by atoms with Gasteiger partial charge in [-0.3, -0.25) is 9.78 Å². The molecule has 2 rings (SSSR count). The molecule has 1 saturated heterocycles. The van der Waals surface area contributed by atoms with Crippen LogP contribution < -0.4 is 4.74 Å². The van der Waals surface area contributed by atoms with Crippen LogP contribution in [0.2, 0.25) is 5.02 Å². The monoisotopic (exact) mass is 266 g/mol. The number of ether oxygens (including phenoxy) is 1. The molecular formula is C13H15ClN2O2. The average Bonchev–Trinajstić information content (AvgIpc) is 2.81. The minimum Gasteiger partial charge on any atom is -0.487 e. The average molecular weight is 267 g/mol. The van der Waals surface area contributed by atoms with Crippen LogP contribution in [0.4, 0.5) is 0 Å². The minimum absolute atomic E-state index is 0.000828. The Morgan fingerprint density at radius 2 is 2.50 bits per heavy atom. The van der Waals surface area contributed by atoms with Gasteiger partial charge < -0.3 is 9.64 Å². The van der Waals surface area contributed by atoms with E-state index in [9.17, 15) is 4.79 Å². The van der Waals surface area contributed by atoms with Crippen LogP contribution in [0.25, 0.3) is 0 Å². The first kappa shape index (κ1) is 12.9. The van der Waals surface area contributed by atoms with Crippen molar-refractivity contribution >= 4 is 17.5 Å². The zero-order valence-electron chi connectivity index (χ0n) is 10.2. The molecule has 1 aromatic heterocycles. The summed E-state index contributed by atoms with van der Waals surface area (Å²) in [5.41, 5.74) is 0. The smallest absolute Gasteiger partial charge is 0.246 e. The lowest BCUT2D eigenvalue weighted by molar-refractivity contribution is -0.125. The van der Waals surface area contributed by atoms with Gasteiger partial charge in [0.1, 0.15) is 16.9 Å². The van der Waals surface area contributed by atoms with Gasteiger partial charge in [-0.25, -0.2) is 0 Å². The third-order valence-corrected chi connectivity index (χ3v) is 3.08. The van der Waals surface area contributed by atoms with Crippen LogP contribution in [0.15, 0.2) is 30.6 Å². The number of pyridine rings is 1. The van der Waals surface area contributed by atoms with Crippen LogP contribution in [0, 0.1) is 0 Å². The van der Waals surface area contributed by atoms with Gasteiger partial charge in [0.2, 0.25) is 5.91 Å². The fourth-order valence-corrected chi connectivity index (χ4v) is 2.07. The van der Waals surface area contributed by atoms with Gasteiger partial charge in [0.15, 0.2) is 0 Å². The number of halogens is 1. The highest BCUT2D eigenvalue weighted by molar-refractivity contribution is 6.31. The van der Waals surface area contributed by atoms with Crippen LogP contribution >= 0.6 is 11.6 Å². The molecule has 18 heavy (non-hydrogen) atoms. The molecule has 1 aliphatic rings. The second kappa shape index (κ2) is 5.87. The van der Waals surface area contributed by atoms with Gasteiger partial charge in [-0.1, -0.05) is 17.7 Å². The zero-order chi connectivity index (χ0) is 13.0. The topological polar surface area (TPSA) is 42.4 Å². The number of carbonyl (C=O) groups excluding carboxylic acids is 1. The van der Waals surface area contributed by atoms with Crippen molar-refractivity contribution in [3.8, 4) is 5.75 Å². The number of nitrogens with zero attached hydrogens (tertiary/aromatic N) is 2. The maximum atomic E-state index is 11.7. The van der Waals surface area contributed by atoms with Gasteiger partial charge in [0.05, 0.1) is 6.54 Å². The van der Waals surface area contributed by atoms with Crippen LogP contribution in [0.1, 0.15) is 13.3 Å². The lowest BCUT2D eigenvalue weighted by atomic mass is 10.3. The molecule has 96 valence electrons. The van der Waals surface area contributed by atoms with Crippen molar-refractivity contribution in [2.45, 2.75) is 19.4 Å². The van der Waals surface area contributed by atoms with E-state index in [1.807, 2.05) is 6.92 Å². The molecule has 1 aliphatic heterocycles. The predicted octanol–water partition coefficient (Wildman–Crippen LogP) is 2.29. The molecule has 1 aromatic rings. The number of hydrogen-bond acceptors (Lipinski definition) is 3. The van der Waals surface area contributed by atoms with Gasteiger partial charge in [0, 0.05) is 31.4 Å². The molecule has 0 radical (unpaired) electrons. The number of amides is 1. The highest BCUT2D eigenvalue weighted by atomic mass is 35.5. The van der Waals surface area contributed by atoms with Crippen molar-refractivity contribution in [2.75, 3.05) is 13.1 Å². The highest BCUT2D eigenvalue weighted by Gasteiger charge is 2.26. The first-order chi connectivity index (χ1) is 8.70. The van der Waals surface area contributed by atoms with E-state index in [1.54, 1.807) is 35.5 Å². The molecule has 5 heteroatoms. The van der Waals surface area contributed by atoms with Gasteiger partial charge in [-0.2, -0.15) is 0 Å². The summed E-state index contributed by atoms with van der Waals surface area (Å²) in [7, 11) is 0. The summed E-state index contributed by atoms with van der Waals surface area (Å²) in [4.78, 5) is 17.3. The molecule has 0 saturated carbocycles. The fourth-order valence-electron chi connectivity index (χ4n) is 1.91. The summed E-state index contributed by atoms with van der Waals surface area (Å²) in [6.45, 7) is 3.15. The Morgan fingerprint density at radius 3 is 3.22 bits per heavy atom. The Kier molecular flexibility index (Phi) is 4.20. The Balaban J connectivity index is 1.94. The van der Waals surface area contributed by atoms with Crippen molar-refractivity contribution in [3.05, 3.63) is 35.6 Å². The van der Waals surface area contributed by atoms with Crippen molar-refractivity contribution < 1.29 is 9.53 Å². The number of aromatic nitrogens is 1. The van der Waals surface area contributed by atoms with E-state index in [-0.39, 0.29) is 12.0 Å². The van der Waals surface area contributed by atoms with E-state index in [4.69, 9.17) is 16.3 Å². The Morgan fingerprint density at radius 1 is 1.67 bits per heavy atom. The molecule has 0 spiro atoms. The standard InChI is InChI=1S/C13H15ClN2O2/c1-2-3-13(17)16-7-5-10(9-16)18-12-4-6-15-8-11(12)14/h2-4,6,8,10H,5,7,9H2,1H3/b3-2+/t10-/m0/s1. The fraction of sp³-hybridized carbons (Fsp3) is 0.385. The molecule has 0 bridgehead atoms. The van der Waals surface area contributed by atoms with Gasteiger partial charge >= 0.3 is 0 Å². The van der Waals surface area contributed by atoms with Crippen LogP contribution in [0.5, 0.6) is 5.75 Å². The highest BCUT2D eigenvalue weighted by Crippen LogP contribution is 2.25. The van der Waals surface area contributed by atoms with Crippen molar-refractivity contribution in [1.29, 1.82) is 0 Å². The number of likely N-dealkylation sites (tertiary alicyclic amines) is 1. The summed E-state index contributed by atoms with van der Waals surface area (Å²) >= 11 is 5.97. The van der Waals surface area contributed by atoms with E-state index >= 15 is 0 Å². The first-order valence-electron chi connectivity index (χ1n) is 5.88. The zero-order valence-corrected chi connectivity index (χ0v) is 10.9. The molecule has 4 nitrogen and oxygen atoms in total. The Hall–Kier alpha value is -1.55. The second-order valence-corrected chi connectivity index (χ2v) is 4.53. The summed E-state index contributed by atoms with van der Waals surface area (Å²) in [5, 5.41) is 0.496. The van der Waals surface area contributed by atoms with E-state index in [0.717, 1.165) is 13.0 Å². The molecule has 0 N–H and O–H groups in total. The van der Waals surface area contributed by atoms with E-state index < -0.39 is 0 Å². The molecule has 0 unspecified atom stereocenters. The van der Waals surface area contributed by atoms with Crippen LogP contribution in [0.3, 0.4) is 0 Å². The SMILES string of the molecule is C/C=C/C(=O)N1CC[C@H](Oc2ccncc2Cl)C1. The quantitative estimate of drug-likeness (QED) is 0.789. The molecule has 1 fully saturated rings. The van der Waals surface area contributed by atoms with Crippen molar-refractivity contribution in [1.82, 2.24) is 9.88 Å². The second-order valence-electron chi connectivity index (χ2n) is 4.12. The normalized spacial score (nSPS) is 19.4. The molecule has 2 heterocycles. The van der Waals surface area contributed by atoms with E-state index in [2.05, 4.69) is 4.98 Å². The molecule has 1 amide bonds. The number of carbonyl (C=O) groups is 1. The van der Waals surface area contributed by atoms with Crippen molar-refractivity contribution in [2.24, 2.45) is 0 Å². The molecular weight excluding hydrogens is 252 g/mol. The van der Waals surface area contributed by atoms with Gasteiger partial charge in [-0.05, 0) is 13.0 Å². The number of rotatable bonds is 3. The number of hydrogen-bond donors (Lipinski definition) is 0. The molecule has 1 atom stereocenters. The summed E-state index contributed by atoms with van der Waals surface area (Å²) in [6, 6.07) is 1.73. The predicted molar refractivity (Wildman–Crippen MR) is 69.7 cm³/mol. The number of allylic oxidation sites excluding steroid dienone is 1. The lowest BCUT2D eigenvalue weighted by Gasteiger charge is -2.16. The largest absolute Gasteiger partial charge is 0.487 e. The van der Waals surface area contributed by atoms with E-state index in [0.29, 0.717) is 17.3 Å². The van der Waals surface area contributed by atoms with Crippen LogP contribution in [-0.4, -0.2) is 35.0 Å².